The van der Waals surface area contributed by atoms with E-state index in [0.717, 1.165) is 34.7 Å². The van der Waals surface area contributed by atoms with Gasteiger partial charge >= 0.3 is 0 Å². The smallest absolute Gasteiger partial charge is 0.266 e. The number of ether oxygens (including phenoxy) is 1. The first-order valence-corrected chi connectivity index (χ1v) is 11.9. The fraction of sp³-hybridized carbons (Fsp3) is 0.240. The summed E-state index contributed by atoms with van der Waals surface area (Å²) in [6, 6.07) is 17.8. The van der Waals surface area contributed by atoms with E-state index in [2.05, 4.69) is 0 Å². The fourth-order valence-electron chi connectivity index (χ4n) is 3.45. The molecule has 0 N–H and O–H groups in total. The molecule has 0 unspecified atom stereocenters. The zero-order chi connectivity index (χ0) is 22.7. The van der Waals surface area contributed by atoms with Gasteiger partial charge < -0.3 is 4.74 Å². The van der Waals surface area contributed by atoms with Crippen molar-refractivity contribution in [3.8, 4) is 22.7 Å². The van der Waals surface area contributed by atoms with Crippen LogP contribution in [0.4, 0.5) is 0 Å². The number of rotatable bonds is 7. The maximum Gasteiger partial charge on any atom is 0.266 e. The normalized spacial score (nSPS) is 15.2. The van der Waals surface area contributed by atoms with Crippen molar-refractivity contribution in [3.63, 3.8) is 0 Å². The maximum atomic E-state index is 12.9. The quantitative estimate of drug-likeness (QED) is 0.321. The molecule has 0 radical (unpaired) electrons. The molecule has 3 aromatic rings. The van der Waals surface area contributed by atoms with Gasteiger partial charge in [-0.2, -0.15) is 5.10 Å². The molecule has 1 saturated heterocycles. The number of thioether (sulfide) groups is 1. The number of carbonyl (C=O) groups excluding carboxylic acids is 1. The van der Waals surface area contributed by atoms with Gasteiger partial charge in [0.2, 0.25) is 0 Å². The van der Waals surface area contributed by atoms with E-state index >= 15 is 0 Å². The second kappa shape index (κ2) is 9.71. The SMILES string of the molecule is CCCN1C(=O)/C(=C/c2cn(-c3ccccc3)nc2-c2ccc(OC(C)C)cc2)SC1=S. The van der Waals surface area contributed by atoms with Gasteiger partial charge in [-0.15, -0.1) is 0 Å². The number of aromatic nitrogens is 2. The largest absolute Gasteiger partial charge is 0.491 e. The van der Waals surface area contributed by atoms with Crippen LogP contribution < -0.4 is 4.74 Å². The highest BCUT2D eigenvalue weighted by Gasteiger charge is 2.31. The molecule has 1 aliphatic heterocycles. The molecule has 1 aliphatic rings. The molecular formula is C25H25N3O2S2. The number of hydrogen-bond acceptors (Lipinski definition) is 5. The molecule has 7 heteroatoms. The lowest BCUT2D eigenvalue weighted by atomic mass is 10.1. The zero-order valence-corrected chi connectivity index (χ0v) is 20.0. The standard InChI is InChI=1S/C25H25N3O2S2/c1-4-14-27-24(29)22(32-25(27)31)15-19-16-28(20-8-6-5-7-9-20)26-23(19)18-10-12-21(13-11-18)30-17(2)3/h5-13,15-17H,4,14H2,1-3H3/b22-15-. The number of nitrogens with zero attached hydrogens (tertiary/aromatic N) is 3. The fourth-order valence-corrected chi connectivity index (χ4v) is 4.75. The van der Waals surface area contributed by atoms with Crippen molar-refractivity contribution in [3.05, 3.63) is 71.3 Å². The molecule has 5 nitrogen and oxygen atoms in total. The highest BCUT2D eigenvalue weighted by molar-refractivity contribution is 8.26. The Bertz CT molecular complexity index is 1150. The second-order valence-corrected chi connectivity index (χ2v) is 9.41. The molecule has 1 fully saturated rings. The molecule has 0 atom stereocenters. The van der Waals surface area contributed by atoms with E-state index < -0.39 is 0 Å². The predicted octanol–water partition coefficient (Wildman–Crippen LogP) is 5.94. The Morgan fingerprint density at radius 3 is 2.50 bits per heavy atom. The second-order valence-electron chi connectivity index (χ2n) is 7.74. The Kier molecular flexibility index (Phi) is 6.77. The van der Waals surface area contributed by atoms with Crippen LogP contribution in [0.3, 0.4) is 0 Å². The van der Waals surface area contributed by atoms with Crippen molar-refractivity contribution < 1.29 is 9.53 Å². The van der Waals surface area contributed by atoms with Crippen molar-refractivity contribution in [2.24, 2.45) is 0 Å². The molecule has 164 valence electrons. The first-order valence-electron chi connectivity index (χ1n) is 10.6. The average molecular weight is 464 g/mol. The van der Waals surface area contributed by atoms with Crippen LogP contribution in [0.1, 0.15) is 32.8 Å². The van der Waals surface area contributed by atoms with Crippen molar-refractivity contribution >= 4 is 40.3 Å². The van der Waals surface area contributed by atoms with Gasteiger partial charge in [0.15, 0.2) is 0 Å². The summed E-state index contributed by atoms with van der Waals surface area (Å²) in [6.45, 7) is 6.68. The van der Waals surface area contributed by atoms with E-state index in [1.165, 1.54) is 11.8 Å². The van der Waals surface area contributed by atoms with Crippen LogP contribution >= 0.6 is 24.0 Å². The van der Waals surface area contributed by atoms with Gasteiger partial charge in [0.05, 0.1) is 22.4 Å². The molecule has 0 spiro atoms. The number of thiocarbonyl (C=S) groups is 1. The van der Waals surface area contributed by atoms with Gasteiger partial charge in [-0.25, -0.2) is 4.68 Å². The molecule has 2 heterocycles. The molecule has 1 amide bonds. The van der Waals surface area contributed by atoms with Crippen LogP contribution in [0.2, 0.25) is 0 Å². The van der Waals surface area contributed by atoms with Crippen molar-refractivity contribution in [1.29, 1.82) is 0 Å². The van der Waals surface area contributed by atoms with Gasteiger partial charge in [-0.3, -0.25) is 9.69 Å². The Morgan fingerprint density at radius 1 is 1.12 bits per heavy atom. The number of amides is 1. The lowest BCUT2D eigenvalue weighted by Gasteiger charge is -2.11. The summed E-state index contributed by atoms with van der Waals surface area (Å²) in [6.07, 6.45) is 4.82. The molecule has 4 rings (SSSR count). The van der Waals surface area contributed by atoms with E-state index in [1.54, 1.807) is 4.90 Å². The minimum absolute atomic E-state index is 0.0408. The Balaban J connectivity index is 1.75. The van der Waals surface area contributed by atoms with Gasteiger partial charge in [0, 0.05) is 23.9 Å². The van der Waals surface area contributed by atoms with E-state index in [0.29, 0.717) is 15.8 Å². The molecule has 1 aromatic heterocycles. The molecule has 0 saturated carbocycles. The average Bonchev–Trinajstić information content (AvgIpc) is 3.31. The third kappa shape index (κ3) is 4.79. The van der Waals surface area contributed by atoms with Gasteiger partial charge in [-0.05, 0) is 62.7 Å². The van der Waals surface area contributed by atoms with Crippen LogP contribution in [0.5, 0.6) is 5.75 Å². The highest BCUT2D eigenvalue weighted by atomic mass is 32.2. The zero-order valence-electron chi connectivity index (χ0n) is 18.3. The molecule has 32 heavy (non-hydrogen) atoms. The van der Waals surface area contributed by atoms with Crippen molar-refractivity contribution in [2.45, 2.75) is 33.3 Å². The van der Waals surface area contributed by atoms with Crippen LogP contribution in [-0.2, 0) is 4.79 Å². The summed E-state index contributed by atoms with van der Waals surface area (Å²) in [5, 5.41) is 4.85. The van der Waals surface area contributed by atoms with Crippen molar-refractivity contribution in [1.82, 2.24) is 14.7 Å². The third-order valence-corrected chi connectivity index (χ3v) is 6.25. The Hall–Kier alpha value is -2.90. The third-order valence-electron chi connectivity index (χ3n) is 4.87. The topological polar surface area (TPSA) is 47.4 Å². The van der Waals surface area contributed by atoms with Crippen LogP contribution in [-0.4, -0.2) is 37.6 Å². The predicted molar refractivity (Wildman–Crippen MR) is 135 cm³/mol. The van der Waals surface area contributed by atoms with Crippen LogP contribution in [0.15, 0.2) is 65.7 Å². The summed E-state index contributed by atoms with van der Waals surface area (Å²) >= 11 is 6.77. The van der Waals surface area contributed by atoms with Crippen molar-refractivity contribution in [2.75, 3.05) is 6.54 Å². The first-order chi connectivity index (χ1) is 15.5. The number of hydrogen-bond donors (Lipinski definition) is 0. The first kappa shape index (κ1) is 22.3. The van der Waals surface area contributed by atoms with E-state index in [1.807, 2.05) is 92.3 Å². The van der Waals surface area contributed by atoms with Gasteiger partial charge in [0.1, 0.15) is 10.1 Å². The molecular weight excluding hydrogens is 438 g/mol. The molecule has 0 bridgehead atoms. The summed E-state index contributed by atoms with van der Waals surface area (Å²) in [7, 11) is 0. The summed E-state index contributed by atoms with van der Waals surface area (Å²) in [5.74, 6) is 0.772. The minimum atomic E-state index is -0.0408. The van der Waals surface area contributed by atoms with E-state index in [9.17, 15) is 4.79 Å². The van der Waals surface area contributed by atoms with Gasteiger partial charge in [0.25, 0.3) is 5.91 Å². The number of para-hydroxylation sites is 1. The highest BCUT2D eigenvalue weighted by Crippen LogP contribution is 2.35. The maximum absolute atomic E-state index is 12.9. The number of carbonyl (C=O) groups is 1. The van der Waals surface area contributed by atoms with Crippen LogP contribution in [0.25, 0.3) is 23.0 Å². The van der Waals surface area contributed by atoms with E-state index in [4.69, 9.17) is 22.1 Å². The summed E-state index contributed by atoms with van der Waals surface area (Å²) in [4.78, 5) is 15.2. The number of benzene rings is 2. The minimum Gasteiger partial charge on any atom is -0.491 e. The Morgan fingerprint density at radius 2 is 1.84 bits per heavy atom. The lowest BCUT2D eigenvalue weighted by molar-refractivity contribution is -0.122. The lowest BCUT2D eigenvalue weighted by Crippen LogP contribution is -2.28. The molecule has 0 aliphatic carbocycles. The van der Waals surface area contributed by atoms with Gasteiger partial charge in [-0.1, -0.05) is 49.1 Å². The molecule has 2 aromatic carbocycles. The summed E-state index contributed by atoms with van der Waals surface area (Å²) in [5.41, 5.74) is 3.56. The Labute approximate surface area is 198 Å². The summed E-state index contributed by atoms with van der Waals surface area (Å²) < 4.78 is 8.22. The van der Waals surface area contributed by atoms with E-state index in [-0.39, 0.29) is 12.0 Å². The monoisotopic (exact) mass is 463 g/mol. The van der Waals surface area contributed by atoms with Crippen LogP contribution in [0, 0.1) is 0 Å².